The number of anilines is 1. The van der Waals surface area contributed by atoms with Gasteiger partial charge in [-0.05, 0) is 90.0 Å². The molecule has 0 fully saturated rings. The number of hydrogen-bond donors (Lipinski definition) is 1. The van der Waals surface area contributed by atoms with Gasteiger partial charge in [-0.15, -0.1) is 11.3 Å². The number of methoxy groups -OCH3 is 1. The van der Waals surface area contributed by atoms with E-state index in [0.29, 0.717) is 11.8 Å². The van der Waals surface area contributed by atoms with E-state index in [4.69, 9.17) is 9.73 Å². The molecule has 1 atom stereocenters. The van der Waals surface area contributed by atoms with Crippen molar-refractivity contribution in [2.75, 3.05) is 12.4 Å². The fourth-order valence-electron chi connectivity index (χ4n) is 4.96. The van der Waals surface area contributed by atoms with E-state index in [1.54, 1.807) is 18.4 Å². The van der Waals surface area contributed by atoms with Crippen LogP contribution in [0.3, 0.4) is 0 Å². The van der Waals surface area contributed by atoms with Crippen molar-refractivity contribution in [3.8, 4) is 5.75 Å². The number of nitrogens with one attached hydrogen (secondary N) is 1. The summed E-state index contributed by atoms with van der Waals surface area (Å²) >= 11 is 1.68. The van der Waals surface area contributed by atoms with E-state index in [1.807, 2.05) is 36.5 Å². The van der Waals surface area contributed by atoms with Gasteiger partial charge < -0.3 is 10.1 Å². The largest absolute Gasteiger partial charge is 0.496 e. The van der Waals surface area contributed by atoms with Crippen molar-refractivity contribution < 1.29 is 9.53 Å². The fourth-order valence-corrected chi connectivity index (χ4v) is 6.23. The second-order valence-corrected chi connectivity index (χ2v) is 12.3. The monoisotopic (exact) mass is 502 g/mol. The zero-order chi connectivity index (χ0) is 26.0. The first-order chi connectivity index (χ1) is 17.1. The number of aryl methyl sites for hydroxylation is 1. The van der Waals surface area contributed by atoms with Crippen molar-refractivity contribution in [2.45, 2.75) is 66.7 Å². The maximum atomic E-state index is 13.6. The first-order valence-electron chi connectivity index (χ1n) is 12.8. The molecule has 190 valence electrons. The van der Waals surface area contributed by atoms with Crippen molar-refractivity contribution in [3.63, 3.8) is 0 Å². The van der Waals surface area contributed by atoms with E-state index < -0.39 is 0 Å². The molecule has 0 aliphatic heterocycles. The molecule has 1 N–H and O–H groups in total. The number of nitrogens with zero attached hydrogens (tertiary/aromatic N) is 1. The van der Waals surface area contributed by atoms with Crippen molar-refractivity contribution in [1.82, 2.24) is 0 Å². The lowest BCUT2D eigenvalue weighted by molar-refractivity contribution is 0.102. The summed E-state index contributed by atoms with van der Waals surface area (Å²) in [7, 11) is 1.72. The molecule has 4 rings (SSSR count). The first kappa shape index (κ1) is 26.2. The molecule has 0 saturated carbocycles. The third-order valence-electron chi connectivity index (χ3n) is 7.29. The Kier molecular flexibility index (Phi) is 7.70. The van der Waals surface area contributed by atoms with Crippen LogP contribution in [0, 0.1) is 18.3 Å². The minimum absolute atomic E-state index is 0.0746. The molecule has 5 heteroatoms. The highest BCUT2D eigenvalue weighted by Gasteiger charge is 2.33. The molecule has 0 bridgehead atoms. The third-order valence-corrected chi connectivity index (χ3v) is 8.45. The molecule has 1 aromatic heterocycles. The Morgan fingerprint density at radius 3 is 2.56 bits per heavy atom. The minimum atomic E-state index is -0.0746. The predicted octanol–water partition coefficient (Wildman–Crippen LogP) is 8.34. The quantitative estimate of drug-likeness (QED) is 0.344. The molecule has 1 amide bonds. The van der Waals surface area contributed by atoms with Gasteiger partial charge in [0.1, 0.15) is 10.8 Å². The number of fused-ring (bicyclic) bond motifs is 1. The topological polar surface area (TPSA) is 50.7 Å². The number of aliphatic imine (C=N–C) groups is 1. The number of para-hydroxylation sites is 1. The molecule has 0 spiro atoms. The molecular formula is C31H38N2O2S. The van der Waals surface area contributed by atoms with Crippen LogP contribution in [0.25, 0.3) is 0 Å². The Labute approximate surface area is 219 Å². The number of hydrogen-bond acceptors (Lipinski definition) is 4. The van der Waals surface area contributed by atoms with E-state index >= 15 is 0 Å². The van der Waals surface area contributed by atoms with Crippen molar-refractivity contribution in [1.29, 1.82) is 0 Å². The Balaban J connectivity index is 1.74. The SMILES string of the molecule is COc1cc(C)c(C=Nc2sc3c(c2C(=O)Nc2ccccc2)CC[C@@H](C(C)(C)C)C3)cc1C(C)C. The van der Waals surface area contributed by atoms with Gasteiger partial charge in [-0.2, -0.15) is 0 Å². The van der Waals surface area contributed by atoms with Gasteiger partial charge in [-0.25, -0.2) is 4.99 Å². The zero-order valence-corrected chi connectivity index (χ0v) is 23.4. The molecule has 0 unspecified atom stereocenters. The van der Waals surface area contributed by atoms with Crippen LogP contribution in [0.1, 0.15) is 84.4 Å². The second-order valence-electron chi connectivity index (χ2n) is 11.2. The van der Waals surface area contributed by atoms with E-state index in [0.717, 1.165) is 58.0 Å². The lowest BCUT2D eigenvalue weighted by Crippen LogP contribution is -2.27. The summed E-state index contributed by atoms with van der Waals surface area (Å²) in [6.45, 7) is 13.4. The van der Waals surface area contributed by atoms with Crippen molar-refractivity contribution >= 4 is 34.1 Å². The molecule has 1 aliphatic rings. The van der Waals surface area contributed by atoms with E-state index in [2.05, 4.69) is 59.0 Å². The average molecular weight is 503 g/mol. The lowest BCUT2D eigenvalue weighted by atomic mass is 9.72. The summed E-state index contributed by atoms with van der Waals surface area (Å²) in [5.41, 5.74) is 6.26. The minimum Gasteiger partial charge on any atom is -0.496 e. The third kappa shape index (κ3) is 5.57. The van der Waals surface area contributed by atoms with Crippen LogP contribution in [0.5, 0.6) is 5.75 Å². The average Bonchev–Trinajstić information content (AvgIpc) is 3.20. The smallest absolute Gasteiger partial charge is 0.259 e. The highest BCUT2D eigenvalue weighted by molar-refractivity contribution is 7.16. The van der Waals surface area contributed by atoms with Crippen molar-refractivity contribution in [2.24, 2.45) is 16.3 Å². The van der Waals surface area contributed by atoms with E-state index in [-0.39, 0.29) is 11.3 Å². The number of carbonyl (C=O) groups excluding carboxylic acids is 1. The number of ether oxygens (including phenoxy) is 1. The summed E-state index contributed by atoms with van der Waals surface area (Å²) in [5.74, 6) is 1.77. The molecular weight excluding hydrogens is 464 g/mol. The maximum absolute atomic E-state index is 13.6. The van der Waals surface area contributed by atoms with Gasteiger partial charge in [0.05, 0.1) is 12.7 Å². The van der Waals surface area contributed by atoms with Gasteiger partial charge in [0.25, 0.3) is 5.91 Å². The summed E-state index contributed by atoms with van der Waals surface area (Å²) in [4.78, 5) is 19.8. The molecule has 2 aromatic carbocycles. The number of thiophene rings is 1. The van der Waals surface area contributed by atoms with Crippen LogP contribution in [0.4, 0.5) is 10.7 Å². The summed E-state index contributed by atoms with van der Waals surface area (Å²) in [5, 5.41) is 3.90. The molecule has 0 saturated heterocycles. The Morgan fingerprint density at radius 2 is 1.92 bits per heavy atom. The van der Waals surface area contributed by atoms with Gasteiger partial charge in [0.2, 0.25) is 0 Å². The standard InChI is InChI=1S/C31H38N2O2S/c1-19(2)25-16-21(20(3)15-26(25)35-7)18-32-30-28(29(34)33-23-11-9-8-10-12-23)24-14-13-22(31(4,5)6)17-27(24)36-30/h8-12,15-16,18-19,22H,13-14,17H2,1-7H3,(H,33,34)/t22-/m1/s1. The van der Waals surface area contributed by atoms with Gasteiger partial charge >= 0.3 is 0 Å². The number of amides is 1. The molecule has 36 heavy (non-hydrogen) atoms. The van der Waals surface area contributed by atoms with Crippen LogP contribution in [0.15, 0.2) is 47.5 Å². The molecule has 3 aromatic rings. The van der Waals surface area contributed by atoms with Gasteiger partial charge in [-0.3, -0.25) is 4.79 Å². The van der Waals surface area contributed by atoms with E-state index in [1.165, 1.54) is 10.4 Å². The Hall–Kier alpha value is -2.92. The summed E-state index contributed by atoms with van der Waals surface area (Å²) in [6.07, 6.45) is 4.93. The zero-order valence-electron chi connectivity index (χ0n) is 22.6. The van der Waals surface area contributed by atoms with Crippen LogP contribution >= 0.6 is 11.3 Å². The highest BCUT2D eigenvalue weighted by Crippen LogP contribution is 2.45. The Bertz CT molecular complexity index is 1270. The number of carbonyl (C=O) groups is 1. The molecule has 1 heterocycles. The fraction of sp³-hybridized carbons (Fsp3) is 0.419. The van der Waals surface area contributed by atoms with Crippen LogP contribution in [0.2, 0.25) is 0 Å². The van der Waals surface area contributed by atoms with Gasteiger partial charge in [-0.1, -0.05) is 52.8 Å². The number of benzene rings is 2. The Morgan fingerprint density at radius 1 is 1.19 bits per heavy atom. The predicted molar refractivity (Wildman–Crippen MR) is 153 cm³/mol. The summed E-state index contributed by atoms with van der Waals surface area (Å²) in [6, 6.07) is 13.9. The van der Waals surface area contributed by atoms with Gasteiger partial charge in [0, 0.05) is 16.8 Å². The van der Waals surface area contributed by atoms with Gasteiger partial charge in [0.15, 0.2) is 0 Å². The second kappa shape index (κ2) is 10.6. The molecule has 1 aliphatic carbocycles. The lowest BCUT2D eigenvalue weighted by Gasteiger charge is -2.33. The number of rotatable bonds is 6. The van der Waals surface area contributed by atoms with Crippen LogP contribution < -0.4 is 10.1 Å². The van der Waals surface area contributed by atoms with Crippen molar-refractivity contribution in [3.05, 3.63) is 75.2 Å². The molecule has 4 nitrogen and oxygen atoms in total. The van der Waals surface area contributed by atoms with Crippen LogP contribution in [-0.4, -0.2) is 19.2 Å². The summed E-state index contributed by atoms with van der Waals surface area (Å²) < 4.78 is 5.61. The highest BCUT2D eigenvalue weighted by atomic mass is 32.1. The normalized spacial score (nSPS) is 15.8. The molecule has 0 radical (unpaired) electrons. The maximum Gasteiger partial charge on any atom is 0.259 e. The first-order valence-corrected chi connectivity index (χ1v) is 13.6. The van der Waals surface area contributed by atoms with Crippen LogP contribution in [-0.2, 0) is 12.8 Å². The van der Waals surface area contributed by atoms with E-state index in [9.17, 15) is 4.79 Å².